The summed E-state index contributed by atoms with van der Waals surface area (Å²) >= 11 is 0. The summed E-state index contributed by atoms with van der Waals surface area (Å²) in [5, 5.41) is 4.03. The molecule has 0 aromatic heterocycles. The third-order valence-electron chi connectivity index (χ3n) is 6.79. The van der Waals surface area contributed by atoms with E-state index in [0.717, 1.165) is 18.0 Å². The Morgan fingerprint density at radius 1 is 0.905 bits per heavy atom. The van der Waals surface area contributed by atoms with E-state index in [2.05, 4.69) is 39.9 Å². The van der Waals surface area contributed by atoms with Gasteiger partial charge in [-0.1, -0.05) is 47.5 Å². The summed E-state index contributed by atoms with van der Waals surface area (Å²) in [6.07, 6.45) is 14.1. The van der Waals surface area contributed by atoms with Crippen LogP contribution in [0, 0.1) is 16.7 Å². The van der Waals surface area contributed by atoms with E-state index in [4.69, 9.17) is 0 Å². The summed E-state index contributed by atoms with van der Waals surface area (Å²) in [6.45, 7) is 12.2. The molecule has 0 bridgehead atoms. The number of hydrogen-bond acceptors (Lipinski definition) is 1. The molecule has 2 fully saturated rings. The second-order valence-corrected chi connectivity index (χ2v) is 9.35. The maximum absolute atomic E-state index is 4.03. The summed E-state index contributed by atoms with van der Waals surface area (Å²) in [4.78, 5) is 0. The van der Waals surface area contributed by atoms with Gasteiger partial charge in [0.1, 0.15) is 0 Å². The smallest absolute Gasteiger partial charge is 0.00698 e. The minimum absolute atomic E-state index is 0.553. The van der Waals surface area contributed by atoms with Crippen LogP contribution < -0.4 is 5.32 Å². The molecule has 1 atom stereocenters. The zero-order chi connectivity index (χ0) is 15.5. The van der Waals surface area contributed by atoms with Crippen LogP contribution in [0.5, 0.6) is 0 Å². The number of rotatable bonds is 4. The van der Waals surface area contributed by atoms with Gasteiger partial charge in [-0.15, -0.1) is 0 Å². The molecule has 2 aliphatic rings. The van der Waals surface area contributed by atoms with Crippen LogP contribution in [0.4, 0.5) is 0 Å². The van der Waals surface area contributed by atoms with Gasteiger partial charge in [0.05, 0.1) is 0 Å². The molecule has 1 N–H and O–H groups in total. The standard InChI is InChI=1S/C20H39N/c1-6-20(4,5)16-9-11-18(12-10-16)21-17-8-7-14-19(2,3)15-13-17/h16-18,21H,6-15H2,1-5H3. The minimum Gasteiger partial charge on any atom is -0.311 e. The molecule has 0 spiro atoms. The quantitative estimate of drug-likeness (QED) is 0.633. The fraction of sp³-hybridized carbons (Fsp3) is 1.00. The average Bonchev–Trinajstić information content (AvgIpc) is 2.61. The second-order valence-electron chi connectivity index (χ2n) is 9.35. The maximum Gasteiger partial charge on any atom is 0.00698 e. The molecule has 0 aromatic carbocycles. The number of nitrogens with one attached hydrogen (secondary N) is 1. The monoisotopic (exact) mass is 293 g/mol. The van der Waals surface area contributed by atoms with Crippen LogP contribution in [0.3, 0.4) is 0 Å². The van der Waals surface area contributed by atoms with Crippen LogP contribution in [0.1, 0.15) is 98.8 Å². The Bertz CT molecular complexity index is 310. The Hall–Kier alpha value is -0.0400. The molecular formula is C20H39N. The van der Waals surface area contributed by atoms with Crippen LogP contribution >= 0.6 is 0 Å². The molecule has 0 heterocycles. The highest BCUT2D eigenvalue weighted by molar-refractivity contribution is 4.87. The first-order valence-corrected chi connectivity index (χ1v) is 9.58. The summed E-state index contributed by atoms with van der Waals surface area (Å²) in [5.74, 6) is 0.952. The lowest BCUT2D eigenvalue weighted by molar-refractivity contribution is 0.133. The average molecular weight is 294 g/mol. The Morgan fingerprint density at radius 2 is 1.52 bits per heavy atom. The van der Waals surface area contributed by atoms with Crippen LogP contribution in [0.2, 0.25) is 0 Å². The first-order chi connectivity index (χ1) is 9.82. The molecule has 0 radical (unpaired) electrons. The summed E-state index contributed by atoms with van der Waals surface area (Å²) in [5.41, 5.74) is 1.14. The van der Waals surface area contributed by atoms with Crippen LogP contribution in [0.15, 0.2) is 0 Å². The number of hydrogen-bond donors (Lipinski definition) is 1. The summed E-state index contributed by atoms with van der Waals surface area (Å²) < 4.78 is 0. The fourth-order valence-corrected chi connectivity index (χ4v) is 4.49. The van der Waals surface area contributed by atoms with E-state index in [1.54, 1.807) is 0 Å². The van der Waals surface area contributed by atoms with Crippen molar-refractivity contribution in [2.75, 3.05) is 0 Å². The van der Waals surface area contributed by atoms with Crippen molar-refractivity contribution in [3.63, 3.8) is 0 Å². The van der Waals surface area contributed by atoms with Crippen molar-refractivity contribution >= 4 is 0 Å². The lowest BCUT2D eigenvalue weighted by Gasteiger charge is -2.40. The molecule has 0 saturated heterocycles. The highest BCUT2D eigenvalue weighted by atomic mass is 15.0. The van der Waals surface area contributed by atoms with Gasteiger partial charge in [0.15, 0.2) is 0 Å². The van der Waals surface area contributed by atoms with Gasteiger partial charge in [-0.05, 0) is 68.1 Å². The molecule has 2 rings (SSSR count). The van der Waals surface area contributed by atoms with Gasteiger partial charge in [0, 0.05) is 12.1 Å². The van der Waals surface area contributed by atoms with E-state index in [1.165, 1.54) is 64.2 Å². The molecular weight excluding hydrogens is 254 g/mol. The molecule has 2 saturated carbocycles. The molecule has 0 amide bonds. The minimum atomic E-state index is 0.553. The highest BCUT2D eigenvalue weighted by Gasteiger charge is 2.33. The third-order valence-corrected chi connectivity index (χ3v) is 6.79. The van der Waals surface area contributed by atoms with Crippen molar-refractivity contribution in [2.45, 2.75) is 111 Å². The third kappa shape index (κ3) is 4.98. The van der Waals surface area contributed by atoms with Gasteiger partial charge < -0.3 is 5.32 Å². The topological polar surface area (TPSA) is 12.0 Å². The molecule has 1 heteroatoms. The van der Waals surface area contributed by atoms with E-state index in [1.807, 2.05) is 0 Å². The molecule has 1 unspecified atom stereocenters. The van der Waals surface area contributed by atoms with E-state index in [9.17, 15) is 0 Å². The largest absolute Gasteiger partial charge is 0.311 e. The van der Waals surface area contributed by atoms with E-state index >= 15 is 0 Å². The van der Waals surface area contributed by atoms with E-state index < -0.39 is 0 Å². The van der Waals surface area contributed by atoms with Gasteiger partial charge >= 0.3 is 0 Å². The van der Waals surface area contributed by atoms with Crippen molar-refractivity contribution in [1.29, 1.82) is 0 Å². The van der Waals surface area contributed by atoms with E-state index in [0.29, 0.717) is 10.8 Å². The molecule has 21 heavy (non-hydrogen) atoms. The zero-order valence-electron chi connectivity index (χ0n) is 15.3. The van der Waals surface area contributed by atoms with Crippen molar-refractivity contribution < 1.29 is 0 Å². The fourth-order valence-electron chi connectivity index (χ4n) is 4.49. The SMILES string of the molecule is CCC(C)(C)C1CCC(NC2CCCC(C)(C)CC2)CC1. The second kappa shape index (κ2) is 7.02. The Kier molecular flexibility index (Phi) is 5.79. The summed E-state index contributed by atoms with van der Waals surface area (Å²) in [6, 6.07) is 1.60. The van der Waals surface area contributed by atoms with Crippen molar-refractivity contribution in [3.8, 4) is 0 Å². The van der Waals surface area contributed by atoms with Crippen molar-refractivity contribution in [3.05, 3.63) is 0 Å². The van der Waals surface area contributed by atoms with Crippen LogP contribution in [-0.4, -0.2) is 12.1 Å². The predicted molar refractivity (Wildman–Crippen MR) is 93.6 cm³/mol. The molecule has 2 aliphatic carbocycles. The van der Waals surface area contributed by atoms with Gasteiger partial charge in [0.25, 0.3) is 0 Å². The van der Waals surface area contributed by atoms with Gasteiger partial charge in [-0.2, -0.15) is 0 Å². The summed E-state index contributed by atoms with van der Waals surface area (Å²) in [7, 11) is 0. The Morgan fingerprint density at radius 3 is 2.14 bits per heavy atom. The zero-order valence-corrected chi connectivity index (χ0v) is 15.3. The van der Waals surface area contributed by atoms with Gasteiger partial charge in [-0.3, -0.25) is 0 Å². The highest BCUT2D eigenvalue weighted by Crippen LogP contribution is 2.41. The normalized spacial score (nSPS) is 34.4. The first-order valence-electron chi connectivity index (χ1n) is 9.58. The molecule has 1 nitrogen and oxygen atoms in total. The van der Waals surface area contributed by atoms with Crippen molar-refractivity contribution in [2.24, 2.45) is 16.7 Å². The molecule has 124 valence electrons. The first kappa shape index (κ1) is 17.3. The lowest BCUT2D eigenvalue weighted by Crippen LogP contribution is -2.42. The predicted octanol–water partition coefficient (Wildman–Crippen LogP) is 5.93. The van der Waals surface area contributed by atoms with Crippen molar-refractivity contribution in [1.82, 2.24) is 5.32 Å². The maximum atomic E-state index is 4.03. The van der Waals surface area contributed by atoms with Gasteiger partial charge in [0.2, 0.25) is 0 Å². The van der Waals surface area contributed by atoms with Gasteiger partial charge in [-0.25, -0.2) is 0 Å². The van der Waals surface area contributed by atoms with Crippen LogP contribution in [0.25, 0.3) is 0 Å². The van der Waals surface area contributed by atoms with Crippen LogP contribution in [-0.2, 0) is 0 Å². The molecule has 0 aliphatic heterocycles. The Balaban J connectivity index is 1.76. The Labute approximate surface area is 133 Å². The van der Waals surface area contributed by atoms with E-state index in [-0.39, 0.29) is 0 Å². The molecule has 0 aromatic rings. The lowest BCUT2D eigenvalue weighted by atomic mass is 9.69.